The molecular weight excluding hydrogens is 276 g/mol. The van der Waals surface area contributed by atoms with Crippen LogP contribution in [0, 0.1) is 0 Å². The van der Waals surface area contributed by atoms with Gasteiger partial charge in [0.25, 0.3) is 0 Å². The van der Waals surface area contributed by atoms with E-state index in [1.807, 2.05) is 15.4 Å². The third kappa shape index (κ3) is 2.25. The summed E-state index contributed by atoms with van der Waals surface area (Å²) in [5.41, 5.74) is 2.50. The summed E-state index contributed by atoms with van der Waals surface area (Å²) in [6, 6.07) is 2.15. The highest BCUT2D eigenvalue weighted by molar-refractivity contribution is 6.32. The van der Waals surface area contributed by atoms with Gasteiger partial charge in [0.1, 0.15) is 11.4 Å². The van der Waals surface area contributed by atoms with Gasteiger partial charge in [-0.15, -0.1) is 0 Å². The van der Waals surface area contributed by atoms with Gasteiger partial charge in [-0.25, -0.2) is 0 Å². The number of hydrogen-bond acceptors (Lipinski definition) is 3. The van der Waals surface area contributed by atoms with Crippen molar-refractivity contribution in [2.75, 3.05) is 0 Å². The van der Waals surface area contributed by atoms with Crippen LogP contribution in [0.25, 0.3) is 11.4 Å². The van der Waals surface area contributed by atoms with E-state index in [1.165, 1.54) is 0 Å². The topological polar surface area (TPSA) is 55.9 Å². The summed E-state index contributed by atoms with van der Waals surface area (Å²) in [6.07, 6.45) is 4.08. The van der Waals surface area contributed by atoms with Gasteiger partial charge in [-0.3, -0.25) is 9.36 Å². The van der Waals surface area contributed by atoms with Crippen LogP contribution in [0.3, 0.4) is 0 Å². The second kappa shape index (κ2) is 5.22. The number of halogens is 1. The van der Waals surface area contributed by atoms with E-state index in [0.717, 1.165) is 42.9 Å². The molecule has 6 heteroatoms. The lowest BCUT2D eigenvalue weighted by molar-refractivity contribution is 0.161. The van der Waals surface area contributed by atoms with Crippen molar-refractivity contribution in [3.63, 3.8) is 0 Å². The monoisotopic (exact) mass is 294 g/mol. The summed E-state index contributed by atoms with van der Waals surface area (Å²) in [7, 11) is 0. The standard InChI is InChI=1S/C14H19ClN4O/c1-9(2)19-14(10(15)8-16-19)11-7-12-13(20)5-3-4-6-18(12)17-11/h7-9,13,20H,3-6H2,1-2H3. The van der Waals surface area contributed by atoms with E-state index >= 15 is 0 Å². The molecule has 1 aliphatic heterocycles. The molecular formula is C14H19ClN4O. The second-order valence-electron chi connectivity index (χ2n) is 5.57. The van der Waals surface area contributed by atoms with E-state index in [0.29, 0.717) is 5.02 Å². The Morgan fingerprint density at radius 2 is 2.20 bits per heavy atom. The number of aliphatic hydroxyl groups excluding tert-OH is 1. The summed E-state index contributed by atoms with van der Waals surface area (Å²) in [6.45, 7) is 4.96. The van der Waals surface area contributed by atoms with E-state index in [-0.39, 0.29) is 6.04 Å². The van der Waals surface area contributed by atoms with Crippen molar-refractivity contribution in [2.45, 2.75) is 51.8 Å². The quantitative estimate of drug-likeness (QED) is 0.925. The molecule has 0 fully saturated rings. The molecule has 0 saturated heterocycles. The van der Waals surface area contributed by atoms with Gasteiger partial charge >= 0.3 is 0 Å². The van der Waals surface area contributed by atoms with E-state index in [9.17, 15) is 5.11 Å². The molecule has 0 spiro atoms. The van der Waals surface area contributed by atoms with Crippen LogP contribution in [0.5, 0.6) is 0 Å². The normalized spacial score (nSPS) is 19.1. The Labute approximate surface area is 123 Å². The van der Waals surface area contributed by atoms with Crippen molar-refractivity contribution in [3.8, 4) is 11.4 Å². The largest absolute Gasteiger partial charge is 0.387 e. The van der Waals surface area contributed by atoms with Crippen molar-refractivity contribution >= 4 is 11.6 Å². The van der Waals surface area contributed by atoms with Crippen molar-refractivity contribution in [1.82, 2.24) is 19.6 Å². The number of aryl methyl sites for hydroxylation is 1. The molecule has 0 bridgehead atoms. The fourth-order valence-corrected chi connectivity index (χ4v) is 2.94. The number of nitrogens with zero attached hydrogens (tertiary/aromatic N) is 4. The zero-order valence-electron chi connectivity index (χ0n) is 11.8. The Hall–Kier alpha value is -1.33. The minimum absolute atomic E-state index is 0.212. The lowest BCUT2D eigenvalue weighted by Gasteiger charge is -2.09. The average molecular weight is 295 g/mol. The zero-order valence-corrected chi connectivity index (χ0v) is 12.5. The van der Waals surface area contributed by atoms with E-state index in [1.54, 1.807) is 6.20 Å². The maximum Gasteiger partial charge on any atom is 0.112 e. The number of aromatic nitrogens is 4. The van der Waals surface area contributed by atoms with Gasteiger partial charge in [-0.1, -0.05) is 11.6 Å². The molecule has 0 aromatic carbocycles. The summed E-state index contributed by atoms with van der Waals surface area (Å²) in [5, 5.41) is 19.7. The van der Waals surface area contributed by atoms with Crippen molar-refractivity contribution < 1.29 is 5.11 Å². The van der Waals surface area contributed by atoms with Gasteiger partial charge < -0.3 is 5.11 Å². The molecule has 1 aliphatic rings. The van der Waals surface area contributed by atoms with Crippen LogP contribution in [-0.4, -0.2) is 24.7 Å². The molecule has 2 aromatic heterocycles. The molecule has 0 amide bonds. The Morgan fingerprint density at radius 3 is 2.95 bits per heavy atom. The molecule has 0 radical (unpaired) electrons. The first-order valence-electron chi connectivity index (χ1n) is 7.07. The number of aliphatic hydroxyl groups is 1. The molecule has 1 N–H and O–H groups in total. The van der Waals surface area contributed by atoms with Gasteiger partial charge in [0, 0.05) is 12.6 Å². The van der Waals surface area contributed by atoms with Gasteiger partial charge in [-0.05, 0) is 39.2 Å². The SMILES string of the molecule is CC(C)n1ncc(Cl)c1-c1cc2n(n1)CCCCC2O. The summed E-state index contributed by atoms with van der Waals surface area (Å²) in [5.74, 6) is 0. The molecule has 0 aliphatic carbocycles. The minimum Gasteiger partial charge on any atom is -0.387 e. The fraction of sp³-hybridized carbons (Fsp3) is 0.571. The molecule has 3 heterocycles. The van der Waals surface area contributed by atoms with Crippen molar-refractivity contribution in [1.29, 1.82) is 0 Å². The van der Waals surface area contributed by atoms with Gasteiger partial charge in [0.2, 0.25) is 0 Å². The van der Waals surface area contributed by atoms with Crippen LogP contribution in [0.15, 0.2) is 12.3 Å². The first-order valence-corrected chi connectivity index (χ1v) is 7.45. The van der Waals surface area contributed by atoms with Crippen molar-refractivity contribution in [3.05, 3.63) is 23.0 Å². The molecule has 0 saturated carbocycles. The molecule has 5 nitrogen and oxygen atoms in total. The predicted molar refractivity (Wildman–Crippen MR) is 77.7 cm³/mol. The molecule has 2 aromatic rings. The number of hydrogen-bond donors (Lipinski definition) is 1. The van der Waals surface area contributed by atoms with Gasteiger partial charge in [0.15, 0.2) is 0 Å². The lowest BCUT2D eigenvalue weighted by Crippen LogP contribution is -2.06. The van der Waals surface area contributed by atoms with E-state index < -0.39 is 6.10 Å². The van der Waals surface area contributed by atoms with Crippen LogP contribution >= 0.6 is 11.6 Å². The van der Waals surface area contributed by atoms with E-state index in [4.69, 9.17) is 11.6 Å². The molecule has 3 rings (SSSR count). The fourth-order valence-electron chi connectivity index (χ4n) is 2.71. The minimum atomic E-state index is -0.437. The third-order valence-electron chi connectivity index (χ3n) is 3.73. The molecule has 1 unspecified atom stereocenters. The number of rotatable bonds is 2. The Bertz CT molecular complexity index is 617. The molecule has 20 heavy (non-hydrogen) atoms. The molecule has 108 valence electrons. The maximum absolute atomic E-state index is 10.2. The number of fused-ring (bicyclic) bond motifs is 1. The van der Waals surface area contributed by atoms with Crippen LogP contribution < -0.4 is 0 Å². The highest BCUT2D eigenvalue weighted by atomic mass is 35.5. The Morgan fingerprint density at radius 1 is 1.40 bits per heavy atom. The van der Waals surface area contributed by atoms with Gasteiger partial charge in [0.05, 0.1) is 23.0 Å². The predicted octanol–water partition coefficient (Wildman–Crippen LogP) is 3.20. The highest BCUT2D eigenvalue weighted by Gasteiger charge is 2.23. The van der Waals surface area contributed by atoms with Gasteiger partial charge in [-0.2, -0.15) is 10.2 Å². The summed E-state index contributed by atoms with van der Waals surface area (Å²) >= 11 is 6.26. The van der Waals surface area contributed by atoms with Crippen LogP contribution in [0.4, 0.5) is 0 Å². The summed E-state index contributed by atoms with van der Waals surface area (Å²) in [4.78, 5) is 0. The van der Waals surface area contributed by atoms with E-state index in [2.05, 4.69) is 24.0 Å². The second-order valence-corrected chi connectivity index (χ2v) is 5.98. The first-order chi connectivity index (χ1) is 9.58. The Balaban J connectivity index is 2.08. The van der Waals surface area contributed by atoms with Crippen LogP contribution in [-0.2, 0) is 6.54 Å². The summed E-state index contributed by atoms with van der Waals surface area (Å²) < 4.78 is 3.78. The van der Waals surface area contributed by atoms with Crippen molar-refractivity contribution in [2.24, 2.45) is 0 Å². The average Bonchev–Trinajstić information content (AvgIpc) is 2.94. The third-order valence-corrected chi connectivity index (χ3v) is 4.01. The molecule has 1 atom stereocenters. The lowest BCUT2D eigenvalue weighted by atomic mass is 10.1. The first kappa shape index (κ1) is 13.6. The zero-order chi connectivity index (χ0) is 14.3. The van der Waals surface area contributed by atoms with Crippen LogP contribution in [0.2, 0.25) is 5.02 Å². The smallest absolute Gasteiger partial charge is 0.112 e. The highest BCUT2D eigenvalue weighted by Crippen LogP contribution is 2.32. The Kier molecular flexibility index (Phi) is 3.56. The maximum atomic E-state index is 10.2. The van der Waals surface area contributed by atoms with Crippen LogP contribution in [0.1, 0.15) is 50.9 Å².